The summed E-state index contributed by atoms with van der Waals surface area (Å²) in [5, 5.41) is 1.95. The lowest BCUT2D eigenvalue weighted by Gasteiger charge is -2.19. The summed E-state index contributed by atoms with van der Waals surface area (Å²) in [5.41, 5.74) is 11.8. The lowest BCUT2D eigenvalue weighted by Crippen LogP contribution is -2.22. The zero-order valence-electron chi connectivity index (χ0n) is 27.5. The van der Waals surface area contributed by atoms with Crippen LogP contribution in [0.1, 0.15) is 56.9 Å². The maximum absolute atomic E-state index is 5.55. The molecular formula is C44H30Br4N4. The van der Waals surface area contributed by atoms with Crippen LogP contribution in [0.4, 0.5) is 0 Å². The second-order valence-electron chi connectivity index (χ2n) is 13.0. The van der Waals surface area contributed by atoms with Crippen LogP contribution in [-0.4, -0.2) is 26.7 Å². The Labute approximate surface area is 335 Å². The average Bonchev–Trinajstić information content (AvgIpc) is 3.98. The van der Waals surface area contributed by atoms with E-state index >= 15 is 0 Å². The third-order valence-electron chi connectivity index (χ3n) is 9.94. The van der Waals surface area contributed by atoms with Crippen molar-refractivity contribution in [3.63, 3.8) is 0 Å². The van der Waals surface area contributed by atoms with Crippen molar-refractivity contribution < 1.29 is 0 Å². The van der Waals surface area contributed by atoms with Crippen LogP contribution < -0.4 is 10.7 Å². The van der Waals surface area contributed by atoms with Gasteiger partial charge < -0.3 is 15.0 Å². The number of aliphatic imine (C=N–C) groups is 1. The van der Waals surface area contributed by atoms with E-state index in [9.17, 15) is 0 Å². The minimum Gasteiger partial charge on any atom is -0.359 e. The van der Waals surface area contributed by atoms with Gasteiger partial charge in [0.25, 0.3) is 0 Å². The van der Waals surface area contributed by atoms with Crippen LogP contribution in [0.15, 0.2) is 168 Å². The number of nitrogens with one attached hydrogen (secondary N) is 3. The smallest absolute Gasteiger partial charge is 0.0963 e. The van der Waals surface area contributed by atoms with Gasteiger partial charge in [-0.2, -0.15) is 0 Å². The van der Waals surface area contributed by atoms with Crippen LogP contribution in [0.3, 0.4) is 0 Å². The first-order valence-electron chi connectivity index (χ1n) is 17.0. The number of nitrogens with zero attached hydrogens (tertiary/aromatic N) is 1. The monoisotopic (exact) mass is 930 g/mol. The first kappa shape index (κ1) is 33.6. The van der Waals surface area contributed by atoms with Crippen molar-refractivity contribution in [3.05, 3.63) is 219 Å². The average molecular weight is 934 g/mol. The number of fused-ring (bicyclic) bond motifs is 7. The molecule has 254 valence electrons. The molecule has 4 aromatic carbocycles. The topological polar surface area (TPSA) is 59.7 Å². The number of allylic oxidation sites excluding steroid dienone is 1. The van der Waals surface area contributed by atoms with Crippen LogP contribution in [0.5, 0.6) is 0 Å². The van der Waals surface area contributed by atoms with E-state index in [0.29, 0.717) is 0 Å². The fraction of sp³-hybridized carbons (Fsp3) is 0.0682. The van der Waals surface area contributed by atoms with Gasteiger partial charge in [0, 0.05) is 39.6 Å². The van der Waals surface area contributed by atoms with Crippen LogP contribution >= 0.6 is 63.7 Å². The Morgan fingerprint density at radius 2 is 1.02 bits per heavy atom. The lowest BCUT2D eigenvalue weighted by atomic mass is 9.91. The zero-order chi connectivity index (χ0) is 35.3. The third-order valence-corrected chi connectivity index (χ3v) is 14.2. The van der Waals surface area contributed by atoms with Gasteiger partial charge in [0.1, 0.15) is 0 Å². The summed E-state index contributed by atoms with van der Waals surface area (Å²) in [4.78, 5) is 17.3. The second-order valence-corrected chi connectivity index (χ2v) is 16.1. The normalized spacial score (nSPS) is 18.2. The number of hydrogen-bond donors (Lipinski definition) is 3. The quantitative estimate of drug-likeness (QED) is 0.158. The first-order chi connectivity index (χ1) is 25.5. The highest BCUT2D eigenvalue weighted by Crippen LogP contribution is 2.45. The first-order valence-corrected chi connectivity index (χ1v) is 20.2. The molecule has 3 N–H and O–H groups in total. The van der Waals surface area contributed by atoms with Gasteiger partial charge >= 0.3 is 0 Å². The van der Waals surface area contributed by atoms with Crippen LogP contribution in [0.25, 0.3) is 11.1 Å². The van der Waals surface area contributed by atoms with Gasteiger partial charge in [0.05, 0.1) is 46.5 Å². The van der Waals surface area contributed by atoms with Crippen molar-refractivity contribution in [1.82, 2.24) is 15.0 Å². The Bertz CT molecular complexity index is 2620. The van der Waals surface area contributed by atoms with E-state index in [2.05, 4.69) is 224 Å². The molecule has 9 rings (SSSR count). The summed E-state index contributed by atoms with van der Waals surface area (Å²) >= 11 is 16.2. The molecule has 8 heteroatoms. The Hall–Kier alpha value is -4.21. The molecule has 52 heavy (non-hydrogen) atoms. The van der Waals surface area contributed by atoms with Gasteiger partial charge in [-0.15, -0.1) is 0 Å². The summed E-state index contributed by atoms with van der Waals surface area (Å²) in [6.45, 7) is 0. The maximum Gasteiger partial charge on any atom is 0.0963 e. The molecule has 0 aliphatic carbocycles. The molecule has 0 saturated carbocycles. The molecule has 3 unspecified atom stereocenters. The van der Waals surface area contributed by atoms with Gasteiger partial charge in [0.2, 0.25) is 0 Å². The molecule has 0 saturated heterocycles. The fourth-order valence-corrected chi connectivity index (χ4v) is 9.68. The Balaban J connectivity index is 1.43. The predicted molar refractivity (Wildman–Crippen MR) is 225 cm³/mol. The van der Waals surface area contributed by atoms with Crippen molar-refractivity contribution in [3.8, 4) is 0 Å². The molecule has 7 aromatic rings. The fourth-order valence-electron chi connectivity index (χ4n) is 7.59. The van der Waals surface area contributed by atoms with Crippen molar-refractivity contribution in [1.29, 1.82) is 0 Å². The van der Waals surface area contributed by atoms with E-state index in [1.54, 1.807) is 0 Å². The summed E-state index contributed by atoms with van der Waals surface area (Å²) in [6.07, 6.45) is 4.43. The number of aromatic amines is 3. The largest absolute Gasteiger partial charge is 0.359 e. The number of hydrogen-bond acceptors (Lipinski definition) is 1. The van der Waals surface area contributed by atoms with Gasteiger partial charge in [-0.1, -0.05) is 127 Å². The standard InChI is InChI=1S/C44H30Br4N4/c45-37-38(46)42-35(27-17-9-3-10-18-27)31-23-24-32(50-31)36(28-19-11-4-12-20-28)44-40(48)39(47)43(52-44)34(26-15-7-2-8-16-26)30-22-21-29(49-30)33(41(37)51-42)25-13-5-1-6-14-25/h1-24,29,34,36,50-52H. The number of aromatic nitrogens is 3. The van der Waals surface area contributed by atoms with E-state index < -0.39 is 0 Å². The highest BCUT2D eigenvalue weighted by Gasteiger charge is 2.33. The zero-order valence-corrected chi connectivity index (χ0v) is 33.9. The van der Waals surface area contributed by atoms with E-state index in [4.69, 9.17) is 4.99 Å². The number of rotatable bonds is 4. The minimum atomic E-state index is -0.239. The molecule has 2 aliphatic rings. The molecule has 2 aliphatic heterocycles. The van der Waals surface area contributed by atoms with E-state index in [1.165, 1.54) is 5.56 Å². The van der Waals surface area contributed by atoms with Gasteiger partial charge in [0.15, 0.2) is 0 Å². The Morgan fingerprint density at radius 1 is 0.481 bits per heavy atom. The Kier molecular flexibility index (Phi) is 9.03. The maximum atomic E-state index is 5.55. The second kappa shape index (κ2) is 14.0. The molecule has 3 aromatic heterocycles. The van der Waals surface area contributed by atoms with Crippen LogP contribution in [0, 0.1) is 0 Å². The van der Waals surface area contributed by atoms with E-state index in [0.717, 1.165) is 84.9 Å². The summed E-state index contributed by atoms with van der Waals surface area (Å²) in [7, 11) is 0. The summed E-state index contributed by atoms with van der Waals surface area (Å²) < 4.78 is 3.87. The van der Waals surface area contributed by atoms with Crippen LogP contribution in [0.2, 0.25) is 0 Å². The lowest BCUT2D eigenvalue weighted by molar-refractivity contribution is 0.872. The van der Waals surface area contributed by atoms with Crippen LogP contribution in [-0.2, 0) is 0 Å². The van der Waals surface area contributed by atoms with E-state index in [1.807, 2.05) is 0 Å². The Morgan fingerprint density at radius 3 is 1.65 bits per heavy atom. The molecule has 0 radical (unpaired) electrons. The van der Waals surface area contributed by atoms with Gasteiger partial charge in [-0.25, -0.2) is 0 Å². The molecular weight excluding hydrogens is 904 g/mol. The highest BCUT2D eigenvalue weighted by atomic mass is 79.9. The molecule has 5 heterocycles. The summed E-state index contributed by atoms with van der Waals surface area (Å²) in [6, 6.07) is 46.6. The molecule has 8 bridgehead atoms. The molecule has 4 nitrogen and oxygen atoms in total. The number of benzene rings is 4. The van der Waals surface area contributed by atoms with Gasteiger partial charge in [-0.3, -0.25) is 4.99 Å². The SMILES string of the molecule is Brc1c2[nH]c(c1Br)C(c1ccccc1)c1ccc([nH]1)C(c1ccccc1)=c1[nH]c(c(Br)c1Br)=C(c1ccccc1)C1C=CC(=N1)C2c1ccccc1. The minimum absolute atomic E-state index is 0.128. The van der Waals surface area contributed by atoms with Crippen molar-refractivity contribution in [2.45, 2.75) is 17.9 Å². The van der Waals surface area contributed by atoms with Gasteiger partial charge in [-0.05, 0) is 104 Å². The number of H-pyrrole nitrogens is 3. The molecule has 3 atom stereocenters. The summed E-state index contributed by atoms with van der Waals surface area (Å²) in [5.74, 6) is -0.285. The molecule has 0 amide bonds. The van der Waals surface area contributed by atoms with Crippen molar-refractivity contribution in [2.24, 2.45) is 4.99 Å². The predicted octanol–water partition coefficient (Wildman–Crippen LogP) is 10.9. The van der Waals surface area contributed by atoms with Crippen molar-refractivity contribution >= 4 is 80.6 Å². The third kappa shape index (κ3) is 5.81. The molecule has 0 spiro atoms. The van der Waals surface area contributed by atoms with E-state index in [-0.39, 0.29) is 17.9 Å². The number of halogens is 4. The van der Waals surface area contributed by atoms with Crippen molar-refractivity contribution in [2.75, 3.05) is 0 Å². The highest BCUT2D eigenvalue weighted by molar-refractivity contribution is 9.13. The molecule has 0 fully saturated rings.